The summed E-state index contributed by atoms with van der Waals surface area (Å²) in [4.78, 5) is 0. The lowest BCUT2D eigenvalue weighted by Crippen LogP contribution is -2.09. The molecular weight excluding hydrogens is 349 g/mol. The second-order valence-corrected chi connectivity index (χ2v) is 6.68. The van der Waals surface area contributed by atoms with Crippen LogP contribution in [0.25, 0.3) is 0 Å². The van der Waals surface area contributed by atoms with Gasteiger partial charge in [0.15, 0.2) is 0 Å². The smallest absolute Gasteiger partial charge is 0.229 e. The van der Waals surface area contributed by atoms with E-state index in [1.54, 1.807) is 24.3 Å². The van der Waals surface area contributed by atoms with Crippen LogP contribution in [-0.2, 0) is 10.0 Å². The van der Waals surface area contributed by atoms with E-state index in [4.69, 9.17) is 4.74 Å². The summed E-state index contributed by atoms with van der Waals surface area (Å²) in [6.07, 6.45) is 1.06. The molecule has 0 unspecified atom stereocenters. The van der Waals surface area contributed by atoms with E-state index < -0.39 is 15.8 Å². The maximum absolute atomic E-state index is 13.4. The molecule has 20 heavy (non-hydrogen) atoms. The molecule has 0 aromatic heterocycles. The van der Waals surface area contributed by atoms with E-state index in [2.05, 4.69) is 20.7 Å². The average molecular weight is 360 g/mol. The molecule has 2 aromatic carbocycles. The first-order valence-electron chi connectivity index (χ1n) is 5.54. The molecule has 106 valence electrons. The minimum atomic E-state index is -3.35. The second-order valence-electron chi connectivity index (χ2n) is 4.08. The maximum atomic E-state index is 13.4. The van der Waals surface area contributed by atoms with Gasteiger partial charge in [0.25, 0.3) is 0 Å². The van der Waals surface area contributed by atoms with Crippen LogP contribution >= 0.6 is 15.9 Å². The fraction of sp³-hybridized carbons (Fsp3) is 0.0769. The molecule has 0 atom stereocenters. The van der Waals surface area contributed by atoms with E-state index in [1.807, 2.05) is 0 Å². The molecule has 0 fully saturated rings. The minimum Gasteiger partial charge on any atom is -0.457 e. The molecule has 0 aliphatic rings. The quantitative estimate of drug-likeness (QED) is 0.904. The number of halogens is 2. The van der Waals surface area contributed by atoms with Crippen molar-refractivity contribution in [2.24, 2.45) is 0 Å². The molecule has 0 bridgehead atoms. The van der Waals surface area contributed by atoms with Crippen LogP contribution in [0, 0.1) is 5.82 Å². The van der Waals surface area contributed by atoms with Crippen LogP contribution in [0.1, 0.15) is 0 Å². The van der Waals surface area contributed by atoms with Crippen LogP contribution in [0.4, 0.5) is 10.1 Å². The summed E-state index contributed by atoms with van der Waals surface area (Å²) in [6, 6.07) is 10.8. The Morgan fingerprint density at radius 3 is 2.50 bits per heavy atom. The summed E-state index contributed by atoms with van der Waals surface area (Å²) in [7, 11) is -3.35. The lowest BCUT2D eigenvalue weighted by atomic mass is 10.3. The van der Waals surface area contributed by atoms with E-state index in [0.717, 1.165) is 6.26 Å². The molecule has 0 saturated heterocycles. The molecule has 0 aliphatic carbocycles. The number of nitrogens with one attached hydrogen (secondary N) is 1. The van der Waals surface area contributed by atoms with Gasteiger partial charge in [0.2, 0.25) is 10.0 Å². The Morgan fingerprint density at radius 1 is 1.15 bits per heavy atom. The summed E-state index contributed by atoms with van der Waals surface area (Å²) in [5, 5.41) is 0. The van der Waals surface area contributed by atoms with Crippen molar-refractivity contribution in [2.45, 2.75) is 0 Å². The van der Waals surface area contributed by atoms with Crippen molar-refractivity contribution in [2.75, 3.05) is 11.0 Å². The Kier molecular flexibility index (Phi) is 4.29. The molecule has 0 amide bonds. The fourth-order valence-corrected chi connectivity index (χ4v) is 2.32. The molecule has 2 aromatic rings. The van der Waals surface area contributed by atoms with Crippen LogP contribution in [0.5, 0.6) is 11.5 Å². The first-order valence-corrected chi connectivity index (χ1v) is 8.23. The van der Waals surface area contributed by atoms with Crippen LogP contribution < -0.4 is 9.46 Å². The number of hydrogen-bond donors (Lipinski definition) is 1. The molecule has 1 N–H and O–H groups in total. The number of sulfonamides is 1. The number of anilines is 1. The maximum Gasteiger partial charge on any atom is 0.229 e. The summed E-state index contributed by atoms with van der Waals surface area (Å²) in [5.74, 6) is 0.287. The third-order valence-corrected chi connectivity index (χ3v) is 3.51. The highest BCUT2D eigenvalue weighted by Crippen LogP contribution is 2.27. The van der Waals surface area contributed by atoms with Gasteiger partial charge in [-0.1, -0.05) is 6.07 Å². The van der Waals surface area contributed by atoms with Crippen LogP contribution in [0.2, 0.25) is 0 Å². The zero-order valence-corrected chi connectivity index (χ0v) is 12.8. The summed E-state index contributed by atoms with van der Waals surface area (Å²) in [6.45, 7) is 0. The van der Waals surface area contributed by atoms with Crippen molar-refractivity contribution in [3.63, 3.8) is 0 Å². The fourth-order valence-electron chi connectivity index (χ4n) is 1.51. The van der Waals surface area contributed by atoms with Crippen molar-refractivity contribution < 1.29 is 17.5 Å². The highest BCUT2D eigenvalue weighted by atomic mass is 79.9. The van der Waals surface area contributed by atoms with Gasteiger partial charge in [-0.25, -0.2) is 12.8 Å². The summed E-state index contributed by atoms with van der Waals surface area (Å²) in [5.41, 5.74) is 0.377. The van der Waals surface area contributed by atoms with Gasteiger partial charge in [-0.15, -0.1) is 0 Å². The molecule has 0 heterocycles. The molecule has 0 spiro atoms. The number of ether oxygens (including phenoxy) is 1. The summed E-state index contributed by atoms with van der Waals surface area (Å²) >= 11 is 3.05. The van der Waals surface area contributed by atoms with Crippen LogP contribution in [0.15, 0.2) is 46.9 Å². The molecule has 4 nitrogen and oxygen atoms in total. The average Bonchev–Trinajstić information content (AvgIpc) is 2.32. The van der Waals surface area contributed by atoms with Crippen molar-refractivity contribution in [1.29, 1.82) is 0 Å². The Hall–Kier alpha value is -1.60. The standard InChI is InChI=1S/C13H11BrFNO3S/c1-20(17,18)16-9-3-2-4-10(7-9)19-11-5-6-12(14)13(15)8-11/h2-8,16H,1H3. The predicted molar refractivity (Wildman–Crippen MR) is 79.1 cm³/mol. The van der Waals surface area contributed by atoms with Crippen molar-refractivity contribution in [3.8, 4) is 11.5 Å². The van der Waals surface area contributed by atoms with Crippen LogP contribution in [0.3, 0.4) is 0 Å². The molecule has 0 aliphatic heterocycles. The zero-order chi connectivity index (χ0) is 14.8. The molecule has 0 radical (unpaired) electrons. The van der Waals surface area contributed by atoms with E-state index in [-0.39, 0.29) is 0 Å². The number of hydrogen-bond acceptors (Lipinski definition) is 3. The minimum absolute atomic E-state index is 0.321. The lowest BCUT2D eigenvalue weighted by Gasteiger charge is -2.09. The van der Waals surface area contributed by atoms with Gasteiger partial charge in [-0.2, -0.15) is 0 Å². The van der Waals surface area contributed by atoms with E-state index >= 15 is 0 Å². The summed E-state index contributed by atoms with van der Waals surface area (Å²) < 4.78 is 43.8. The first-order chi connectivity index (χ1) is 9.33. The molecular formula is C13H11BrFNO3S. The Bertz CT molecular complexity index is 734. The SMILES string of the molecule is CS(=O)(=O)Nc1cccc(Oc2ccc(Br)c(F)c2)c1. The topological polar surface area (TPSA) is 55.4 Å². The van der Waals surface area contributed by atoms with E-state index in [1.165, 1.54) is 18.2 Å². The van der Waals surface area contributed by atoms with Crippen molar-refractivity contribution in [3.05, 3.63) is 52.8 Å². The third-order valence-electron chi connectivity index (χ3n) is 2.26. The van der Waals surface area contributed by atoms with Crippen molar-refractivity contribution in [1.82, 2.24) is 0 Å². The highest BCUT2D eigenvalue weighted by Gasteiger charge is 2.05. The van der Waals surface area contributed by atoms with Crippen LogP contribution in [-0.4, -0.2) is 14.7 Å². The molecule has 0 saturated carbocycles. The Labute approximate surface area is 124 Å². The second kappa shape index (κ2) is 5.80. The number of benzene rings is 2. The molecule has 2 rings (SSSR count). The highest BCUT2D eigenvalue weighted by molar-refractivity contribution is 9.10. The van der Waals surface area contributed by atoms with Gasteiger partial charge in [-0.3, -0.25) is 4.72 Å². The van der Waals surface area contributed by atoms with E-state index in [0.29, 0.717) is 21.7 Å². The third kappa shape index (κ3) is 4.21. The monoisotopic (exact) mass is 359 g/mol. The lowest BCUT2D eigenvalue weighted by molar-refractivity contribution is 0.476. The van der Waals surface area contributed by atoms with Gasteiger partial charge in [-0.05, 0) is 40.2 Å². The van der Waals surface area contributed by atoms with Crippen molar-refractivity contribution >= 4 is 31.6 Å². The predicted octanol–water partition coefficient (Wildman–Crippen LogP) is 3.75. The van der Waals surface area contributed by atoms with Gasteiger partial charge in [0, 0.05) is 12.1 Å². The van der Waals surface area contributed by atoms with E-state index in [9.17, 15) is 12.8 Å². The van der Waals surface area contributed by atoms with Gasteiger partial charge >= 0.3 is 0 Å². The largest absolute Gasteiger partial charge is 0.457 e. The van der Waals surface area contributed by atoms with Gasteiger partial charge in [0.05, 0.1) is 16.4 Å². The van der Waals surface area contributed by atoms with Gasteiger partial charge in [0.1, 0.15) is 17.3 Å². The Morgan fingerprint density at radius 2 is 1.85 bits per heavy atom. The number of rotatable bonds is 4. The van der Waals surface area contributed by atoms with Gasteiger partial charge < -0.3 is 4.74 Å². The Balaban J connectivity index is 2.21. The molecule has 7 heteroatoms. The zero-order valence-electron chi connectivity index (χ0n) is 10.4. The normalized spacial score (nSPS) is 11.2. The first kappa shape index (κ1) is 14.8.